The van der Waals surface area contributed by atoms with Crippen molar-refractivity contribution in [3.8, 4) is 0 Å². The lowest BCUT2D eigenvalue weighted by atomic mass is 10.1. The van der Waals surface area contributed by atoms with Crippen LogP contribution in [0.5, 0.6) is 0 Å². The number of benzene rings is 1. The fourth-order valence-corrected chi connectivity index (χ4v) is 2.84. The zero-order valence-corrected chi connectivity index (χ0v) is 15.3. The van der Waals surface area contributed by atoms with Gasteiger partial charge < -0.3 is 10.6 Å². The van der Waals surface area contributed by atoms with Gasteiger partial charge in [0.2, 0.25) is 5.91 Å². The largest absolute Gasteiger partial charge is 0.328 e. The minimum Gasteiger partial charge on any atom is -0.324 e. The summed E-state index contributed by atoms with van der Waals surface area (Å²) in [5.41, 5.74) is 2.90. The van der Waals surface area contributed by atoms with Gasteiger partial charge in [0.05, 0.1) is 17.2 Å². The highest BCUT2D eigenvalue weighted by Gasteiger charge is 2.20. The van der Waals surface area contributed by atoms with Crippen LogP contribution in [0, 0.1) is 0 Å². The average molecular weight is 365 g/mol. The van der Waals surface area contributed by atoms with Crippen molar-refractivity contribution < 1.29 is 4.79 Å². The number of carbonyl (C=O) groups excluding carboxylic acids is 1. The second-order valence-corrected chi connectivity index (χ2v) is 5.76. The predicted molar refractivity (Wildman–Crippen MR) is 99.0 cm³/mol. The first kappa shape index (κ1) is 18.8. The van der Waals surface area contributed by atoms with Crippen LogP contribution in [0.2, 0.25) is 0 Å². The summed E-state index contributed by atoms with van der Waals surface area (Å²) in [4.78, 5) is 24.5. The van der Waals surface area contributed by atoms with Gasteiger partial charge in [0.25, 0.3) is 0 Å². The van der Waals surface area contributed by atoms with Crippen molar-refractivity contribution in [3.05, 3.63) is 46.6 Å². The van der Waals surface area contributed by atoms with Crippen LogP contribution in [0.1, 0.15) is 11.6 Å². The molecule has 9 heteroatoms. The lowest BCUT2D eigenvalue weighted by Crippen LogP contribution is -2.30. The van der Waals surface area contributed by atoms with Crippen molar-refractivity contribution in [2.45, 2.75) is 6.04 Å². The number of anilines is 1. The van der Waals surface area contributed by atoms with Crippen LogP contribution in [0.15, 0.2) is 35.4 Å². The Hall–Kier alpha value is -2.58. The molecule has 1 unspecified atom stereocenters. The van der Waals surface area contributed by atoms with E-state index in [1.165, 1.54) is 0 Å². The number of imidazole rings is 1. The maximum absolute atomic E-state index is 12.6. The Bertz CT molecular complexity index is 971. The summed E-state index contributed by atoms with van der Waals surface area (Å²) < 4.78 is 4.79. The van der Waals surface area contributed by atoms with E-state index < -0.39 is 6.04 Å². The highest BCUT2D eigenvalue weighted by molar-refractivity contribution is 5.97. The Labute approximate surface area is 150 Å². The van der Waals surface area contributed by atoms with E-state index in [2.05, 4.69) is 15.7 Å². The third-order valence-corrected chi connectivity index (χ3v) is 4.15. The van der Waals surface area contributed by atoms with Gasteiger partial charge in [-0.25, -0.2) is 4.79 Å². The molecule has 0 aliphatic heterocycles. The van der Waals surface area contributed by atoms with Gasteiger partial charge in [-0.15, -0.1) is 12.4 Å². The molecule has 0 bridgehead atoms. The molecule has 0 saturated carbocycles. The van der Waals surface area contributed by atoms with Crippen LogP contribution in [0.25, 0.3) is 11.0 Å². The van der Waals surface area contributed by atoms with Gasteiger partial charge in [-0.3, -0.25) is 18.6 Å². The quantitative estimate of drug-likeness (QED) is 0.721. The van der Waals surface area contributed by atoms with E-state index in [1.54, 1.807) is 66.5 Å². The van der Waals surface area contributed by atoms with Crippen LogP contribution in [-0.4, -0.2) is 31.9 Å². The monoisotopic (exact) mass is 364 g/mol. The van der Waals surface area contributed by atoms with Gasteiger partial charge in [-0.05, 0) is 25.2 Å². The summed E-state index contributed by atoms with van der Waals surface area (Å²) in [6.45, 7) is 0. The van der Waals surface area contributed by atoms with Crippen molar-refractivity contribution in [2.75, 3.05) is 12.4 Å². The number of rotatable bonds is 4. The molecule has 1 amide bonds. The van der Waals surface area contributed by atoms with Gasteiger partial charge >= 0.3 is 5.69 Å². The van der Waals surface area contributed by atoms with E-state index >= 15 is 0 Å². The summed E-state index contributed by atoms with van der Waals surface area (Å²) in [6.07, 6.45) is 3.45. The van der Waals surface area contributed by atoms with E-state index in [-0.39, 0.29) is 24.0 Å². The first-order valence-corrected chi connectivity index (χ1v) is 7.54. The molecule has 3 aromatic rings. The number of aryl methyl sites for hydroxylation is 3. The Morgan fingerprint density at radius 3 is 2.44 bits per heavy atom. The van der Waals surface area contributed by atoms with Crippen LogP contribution >= 0.6 is 12.4 Å². The number of hydrogen-bond acceptors (Lipinski definition) is 4. The SMILES string of the molecule is CNC(C(=O)Nc1ccc2c(c1)n(C)c(=O)n2C)c1cnn(C)c1.Cl. The van der Waals surface area contributed by atoms with Gasteiger partial charge in [-0.2, -0.15) is 5.10 Å². The maximum atomic E-state index is 12.6. The minimum absolute atomic E-state index is 0. The molecule has 0 fully saturated rings. The normalized spacial score (nSPS) is 12.0. The second kappa shape index (κ2) is 7.12. The number of nitrogens with one attached hydrogen (secondary N) is 2. The van der Waals surface area contributed by atoms with E-state index in [0.29, 0.717) is 5.69 Å². The van der Waals surface area contributed by atoms with Crippen LogP contribution in [-0.2, 0) is 25.9 Å². The van der Waals surface area contributed by atoms with Crippen molar-refractivity contribution in [2.24, 2.45) is 21.1 Å². The van der Waals surface area contributed by atoms with Crippen molar-refractivity contribution in [1.82, 2.24) is 24.2 Å². The fourth-order valence-electron chi connectivity index (χ4n) is 2.84. The molecule has 8 nitrogen and oxygen atoms in total. The number of fused-ring (bicyclic) bond motifs is 1. The number of likely N-dealkylation sites (N-methyl/N-ethyl adjacent to an activating group) is 1. The number of hydrogen-bond donors (Lipinski definition) is 2. The Morgan fingerprint density at radius 1 is 1.16 bits per heavy atom. The molecule has 3 rings (SSSR count). The molecule has 1 aromatic carbocycles. The number of nitrogens with zero attached hydrogens (tertiary/aromatic N) is 4. The average Bonchev–Trinajstić information content (AvgIpc) is 3.07. The van der Waals surface area contributed by atoms with E-state index in [9.17, 15) is 9.59 Å². The summed E-state index contributed by atoms with van der Waals surface area (Å²) >= 11 is 0. The molecule has 2 N–H and O–H groups in total. The molecule has 134 valence electrons. The fraction of sp³-hybridized carbons (Fsp3) is 0.312. The van der Waals surface area contributed by atoms with Gasteiger partial charge in [-0.1, -0.05) is 0 Å². The number of halogens is 1. The molecule has 25 heavy (non-hydrogen) atoms. The lowest BCUT2D eigenvalue weighted by Gasteiger charge is -2.14. The topological polar surface area (TPSA) is 85.9 Å². The predicted octanol–water partition coefficient (Wildman–Crippen LogP) is 0.931. The maximum Gasteiger partial charge on any atom is 0.328 e. The zero-order valence-electron chi connectivity index (χ0n) is 14.5. The molecule has 2 heterocycles. The standard InChI is InChI=1S/C16H20N6O2.ClH/c1-17-14(10-8-18-20(2)9-10)15(23)19-11-5-6-12-13(7-11)22(4)16(24)21(12)3;/h5-9,14,17H,1-4H3,(H,19,23);1H. The van der Waals surface area contributed by atoms with Gasteiger partial charge in [0, 0.05) is 38.6 Å². The molecule has 0 spiro atoms. The summed E-state index contributed by atoms with van der Waals surface area (Å²) in [5.74, 6) is -0.189. The number of amides is 1. The second-order valence-electron chi connectivity index (χ2n) is 5.76. The number of carbonyl (C=O) groups is 1. The molecule has 0 saturated heterocycles. The third kappa shape index (κ3) is 3.31. The summed E-state index contributed by atoms with van der Waals surface area (Å²) in [5, 5.41) is 9.97. The molecule has 0 aliphatic rings. The Balaban J connectivity index is 0.00000225. The van der Waals surface area contributed by atoms with Crippen LogP contribution < -0.4 is 16.3 Å². The van der Waals surface area contributed by atoms with Crippen LogP contribution in [0.4, 0.5) is 5.69 Å². The molecule has 1 atom stereocenters. The Morgan fingerprint density at radius 2 is 1.84 bits per heavy atom. The molecule has 0 aliphatic carbocycles. The highest BCUT2D eigenvalue weighted by Crippen LogP contribution is 2.20. The lowest BCUT2D eigenvalue weighted by molar-refractivity contribution is -0.118. The minimum atomic E-state index is -0.506. The van der Waals surface area contributed by atoms with Crippen molar-refractivity contribution in [1.29, 1.82) is 0 Å². The first-order valence-electron chi connectivity index (χ1n) is 7.54. The Kier molecular flexibility index (Phi) is 5.34. The van der Waals surface area contributed by atoms with E-state index in [4.69, 9.17) is 0 Å². The third-order valence-electron chi connectivity index (χ3n) is 4.15. The van der Waals surface area contributed by atoms with Gasteiger partial charge in [0.15, 0.2) is 0 Å². The molecular formula is C16H21ClN6O2. The molecular weight excluding hydrogens is 344 g/mol. The van der Waals surface area contributed by atoms with Crippen molar-refractivity contribution >= 4 is 35.0 Å². The summed E-state index contributed by atoms with van der Waals surface area (Å²) in [7, 11) is 6.96. The van der Waals surface area contributed by atoms with E-state index in [0.717, 1.165) is 16.6 Å². The highest BCUT2D eigenvalue weighted by atomic mass is 35.5. The van der Waals surface area contributed by atoms with E-state index in [1.807, 2.05) is 6.07 Å². The van der Waals surface area contributed by atoms with Crippen molar-refractivity contribution in [3.63, 3.8) is 0 Å². The summed E-state index contributed by atoms with van der Waals surface area (Å²) in [6, 6.07) is 4.90. The van der Waals surface area contributed by atoms with Crippen LogP contribution in [0.3, 0.4) is 0 Å². The van der Waals surface area contributed by atoms with Gasteiger partial charge in [0.1, 0.15) is 6.04 Å². The molecule has 0 radical (unpaired) electrons. The molecule has 2 aromatic heterocycles. The number of aromatic nitrogens is 4. The first-order chi connectivity index (χ1) is 11.4. The zero-order chi connectivity index (χ0) is 17.4. The smallest absolute Gasteiger partial charge is 0.324 e.